The van der Waals surface area contributed by atoms with Gasteiger partial charge in [-0.25, -0.2) is 9.67 Å². The van der Waals surface area contributed by atoms with E-state index in [1.807, 2.05) is 4.68 Å². The van der Waals surface area contributed by atoms with E-state index in [4.69, 9.17) is 0 Å². The van der Waals surface area contributed by atoms with E-state index in [-0.39, 0.29) is 0 Å². The lowest BCUT2D eigenvalue weighted by Gasteiger charge is -2.13. The molecule has 1 rings (SSSR count). The molecule has 1 aromatic heterocycles. The van der Waals surface area contributed by atoms with Crippen LogP contribution in [0.25, 0.3) is 0 Å². The zero-order valence-corrected chi connectivity index (χ0v) is 12.9. The molecule has 0 bridgehead atoms. The summed E-state index contributed by atoms with van der Waals surface area (Å²) in [4.78, 5) is 4.94. The lowest BCUT2D eigenvalue weighted by atomic mass is 10.1. The van der Waals surface area contributed by atoms with Crippen molar-refractivity contribution < 1.29 is 0 Å². The van der Waals surface area contributed by atoms with Crippen molar-refractivity contribution in [2.45, 2.75) is 58.3 Å². The van der Waals surface area contributed by atoms with Gasteiger partial charge in [0, 0.05) is 17.8 Å². The molecule has 0 spiro atoms. The van der Waals surface area contributed by atoms with Gasteiger partial charge in [-0.05, 0) is 24.7 Å². The minimum Gasteiger partial charge on any atom is -0.250 e. The summed E-state index contributed by atoms with van der Waals surface area (Å²) in [6.07, 6.45) is 5.03. The number of hydrogen-bond donors (Lipinski definition) is 0. The first kappa shape index (κ1) is 14.7. The molecule has 1 aromatic rings. The van der Waals surface area contributed by atoms with Gasteiger partial charge in [0.25, 0.3) is 0 Å². The van der Waals surface area contributed by atoms with E-state index in [1.165, 1.54) is 6.42 Å². The maximum atomic E-state index is 4.35. The topological polar surface area (TPSA) is 30.7 Å². The first-order chi connectivity index (χ1) is 7.99. The number of hydrogen-bond acceptors (Lipinski definition) is 2. The minimum absolute atomic E-state index is 0.590. The highest BCUT2D eigenvalue weighted by Gasteiger charge is 2.11. The molecular formula is C13H24BrN3. The summed E-state index contributed by atoms with van der Waals surface area (Å²) in [5.41, 5.74) is 0. The van der Waals surface area contributed by atoms with Crippen LogP contribution in [0.3, 0.4) is 0 Å². The molecule has 0 aromatic carbocycles. The summed E-state index contributed by atoms with van der Waals surface area (Å²) in [5.74, 6) is 2.48. The van der Waals surface area contributed by atoms with E-state index in [0.717, 1.165) is 31.1 Å². The Kier molecular flexibility index (Phi) is 6.17. The Hall–Kier alpha value is -0.380. The van der Waals surface area contributed by atoms with Crippen LogP contribution in [-0.2, 0) is 13.0 Å². The number of alkyl halides is 1. The molecule has 0 saturated carbocycles. The molecule has 3 nitrogen and oxygen atoms in total. The maximum absolute atomic E-state index is 4.35. The van der Waals surface area contributed by atoms with Crippen molar-refractivity contribution in [2.75, 3.05) is 0 Å². The monoisotopic (exact) mass is 301 g/mol. The van der Waals surface area contributed by atoms with Crippen LogP contribution >= 0.6 is 15.9 Å². The minimum atomic E-state index is 0.590. The van der Waals surface area contributed by atoms with Crippen molar-refractivity contribution in [2.24, 2.45) is 11.8 Å². The zero-order valence-electron chi connectivity index (χ0n) is 11.4. The molecule has 0 radical (unpaired) electrons. The number of aromatic nitrogens is 3. The van der Waals surface area contributed by atoms with Crippen LogP contribution in [0.4, 0.5) is 0 Å². The van der Waals surface area contributed by atoms with Crippen LogP contribution < -0.4 is 0 Å². The van der Waals surface area contributed by atoms with Crippen molar-refractivity contribution in [3.05, 3.63) is 12.2 Å². The normalized spacial score (nSPS) is 13.6. The lowest BCUT2D eigenvalue weighted by Crippen LogP contribution is -2.12. The average molecular weight is 302 g/mol. The van der Waals surface area contributed by atoms with Crippen molar-refractivity contribution in [1.29, 1.82) is 0 Å². The van der Waals surface area contributed by atoms with E-state index < -0.39 is 0 Å². The molecule has 4 heteroatoms. The molecule has 0 saturated heterocycles. The SMILES string of the molecule is CC(C)CC(Br)CCc1ncnn1CC(C)C. The molecular weight excluding hydrogens is 278 g/mol. The van der Waals surface area contributed by atoms with Gasteiger partial charge >= 0.3 is 0 Å². The summed E-state index contributed by atoms with van der Waals surface area (Å²) in [6, 6.07) is 0. The standard InChI is InChI=1S/C13H24BrN3/c1-10(2)7-12(14)5-6-13-15-9-16-17(13)8-11(3)4/h9-12H,5-8H2,1-4H3. The average Bonchev–Trinajstić information content (AvgIpc) is 2.60. The second-order valence-electron chi connectivity index (χ2n) is 5.52. The molecule has 17 heavy (non-hydrogen) atoms. The van der Waals surface area contributed by atoms with E-state index in [9.17, 15) is 0 Å². The Bertz CT molecular complexity index is 320. The summed E-state index contributed by atoms with van der Waals surface area (Å²) in [5, 5.41) is 4.29. The highest BCUT2D eigenvalue weighted by atomic mass is 79.9. The molecule has 1 unspecified atom stereocenters. The third kappa shape index (κ3) is 5.66. The Morgan fingerprint density at radius 1 is 1.24 bits per heavy atom. The Morgan fingerprint density at radius 2 is 1.94 bits per heavy atom. The summed E-state index contributed by atoms with van der Waals surface area (Å²) in [7, 11) is 0. The number of nitrogens with zero attached hydrogens (tertiary/aromatic N) is 3. The quantitative estimate of drug-likeness (QED) is 0.719. The molecule has 1 heterocycles. The van der Waals surface area contributed by atoms with Gasteiger partial charge in [-0.2, -0.15) is 5.10 Å². The number of aryl methyl sites for hydroxylation is 1. The fraction of sp³-hybridized carbons (Fsp3) is 0.846. The third-order valence-corrected chi connectivity index (χ3v) is 3.47. The largest absolute Gasteiger partial charge is 0.250 e. The van der Waals surface area contributed by atoms with E-state index >= 15 is 0 Å². The number of halogens is 1. The van der Waals surface area contributed by atoms with Crippen LogP contribution in [0.5, 0.6) is 0 Å². The third-order valence-electron chi connectivity index (χ3n) is 2.64. The summed E-state index contributed by atoms with van der Waals surface area (Å²) < 4.78 is 2.04. The Labute approximate surface area is 113 Å². The molecule has 98 valence electrons. The summed E-state index contributed by atoms with van der Waals surface area (Å²) in [6.45, 7) is 9.90. The summed E-state index contributed by atoms with van der Waals surface area (Å²) >= 11 is 3.74. The van der Waals surface area contributed by atoms with Crippen LogP contribution in [0.1, 0.15) is 46.4 Å². The van der Waals surface area contributed by atoms with Crippen molar-refractivity contribution in [1.82, 2.24) is 14.8 Å². The molecule has 0 N–H and O–H groups in total. The predicted molar refractivity (Wildman–Crippen MR) is 75.4 cm³/mol. The van der Waals surface area contributed by atoms with Gasteiger partial charge in [0.1, 0.15) is 12.2 Å². The fourth-order valence-electron chi connectivity index (χ4n) is 1.90. The first-order valence-electron chi connectivity index (χ1n) is 6.49. The van der Waals surface area contributed by atoms with E-state index in [0.29, 0.717) is 10.7 Å². The Morgan fingerprint density at radius 3 is 2.53 bits per heavy atom. The second-order valence-corrected chi connectivity index (χ2v) is 6.81. The zero-order chi connectivity index (χ0) is 12.8. The van der Waals surface area contributed by atoms with Gasteiger partial charge in [-0.3, -0.25) is 0 Å². The molecule has 1 atom stereocenters. The van der Waals surface area contributed by atoms with Gasteiger partial charge in [-0.15, -0.1) is 0 Å². The van der Waals surface area contributed by atoms with E-state index in [1.54, 1.807) is 6.33 Å². The molecule has 0 aliphatic carbocycles. The van der Waals surface area contributed by atoms with Crippen LogP contribution in [0, 0.1) is 11.8 Å². The molecule has 0 aliphatic heterocycles. The van der Waals surface area contributed by atoms with Crippen LogP contribution in [0.2, 0.25) is 0 Å². The van der Waals surface area contributed by atoms with Crippen LogP contribution in [0.15, 0.2) is 6.33 Å². The first-order valence-corrected chi connectivity index (χ1v) is 7.41. The highest BCUT2D eigenvalue weighted by molar-refractivity contribution is 9.09. The van der Waals surface area contributed by atoms with Crippen molar-refractivity contribution in [3.8, 4) is 0 Å². The second kappa shape index (κ2) is 7.14. The van der Waals surface area contributed by atoms with Gasteiger partial charge < -0.3 is 0 Å². The van der Waals surface area contributed by atoms with Gasteiger partial charge in [0.05, 0.1) is 0 Å². The lowest BCUT2D eigenvalue weighted by molar-refractivity contribution is 0.460. The van der Waals surface area contributed by atoms with Gasteiger partial charge in [0.15, 0.2) is 0 Å². The molecule has 0 amide bonds. The highest BCUT2D eigenvalue weighted by Crippen LogP contribution is 2.18. The smallest absolute Gasteiger partial charge is 0.138 e. The van der Waals surface area contributed by atoms with E-state index in [2.05, 4.69) is 53.7 Å². The van der Waals surface area contributed by atoms with Crippen molar-refractivity contribution >= 4 is 15.9 Å². The fourth-order valence-corrected chi connectivity index (χ4v) is 2.87. The van der Waals surface area contributed by atoms with Crippen LogP contribution in [-0.4, -0.2) is 19.6 Å². The number of rotatable bonds is 7. The van der Waals surface area contributed by atoms with Crippen molar-refractivity contribution in [3.63, 3.8) is 0 Å². The maximum Gasteiger partial charge on any atom is 0.138 e. The van der Waals surface area contributed by atoms with Gasteiger partial charge in [-0.1, -0.05) is 43.6 Å². The molecule has 0 fully saturated rings. The Balaban J connectivity index is 2.43. The van der Waals surface area contributed by atoms with Gasteiger partial charge in [0.2, 0.25) is 0 Å². The predicted octanol–water partition coefficient (Wildman–Crippen LogP) is 3.68. The molecule has 0 aliphatic rings.